The minimum Gasteiger partial charge on any atom is -0.478 e. The molecule has 2 aromatic rings. The molecule has 4 rings (SSSR count). The molecule has 0 aliphatic carbocycles. The Morgan fingerprint density at radius 2 is 1.28 bits per heavy atom. The van der Waals surface area contributed by atoms with Crippen molar-refractivity contribution in [3.05, 3.63) is 58.9 Å². The fraction of sp³-hybridized carbons (Fsp3) is 0.519. The highest BCUT2D eigenvalue weighted by Gasteiger charge is 2.54. The fourth-order valence-corrected chi connectivity index (χ4v) is 4.65. The van der Waals surface area contributed by atoms with Gasteiger partial charge in [0.15, 0.2) is 0 Å². The number of aromatic carboxylic acids is 1. The Morgan fingerprint density at radius 1 is 0.778 bits per heavy atom. The summed E-state index contributed by atoms with van der Waals surface area (Å²) in [5.41, 5.74) is 0.571. The van der Waals surface area contributed by atoms with E-state index in [9.17, 15) is 14.3 Å². The van der Waals surface area contributed by atoms with E-state index >= 15 is 0 Å². The number of rotatable bonds is 6. The molecule has 1 N–H and O–H groups in total. The molecule has 6 nitrogen and oxygen atoms in total. The molecule has 1 unspecified atom stereocenters. The number of hydrogen-bond acceptors (Lipinski definition) is 5. The van der Waals surface area contributed by atoms with E-state index in [0.29, 0.717) is 28.5 Å². The van der Waals surface area contributed by atoms with Crippen molar-refractivity contribution in [1.82, 2.24) is 0 Å². The first-order valence-corrected chi connectivity index (χ1v) is 12.4. The Balaban J connectivity index is 1.65. The predicted molar refractivity (Wildman–Crippen MR) is 139 cm³/mol. The average molecular weight is 496 g/mol. The zero-order chi connectivity index (χ0) is 26.7. The molecule has 1 atom stereocenters. The maximum atomic E-state index is 14.7. The van der Waals surface area contributed by atoms with Crippen molar-refractivity contribution in [3.63, 3.8) is 0 Å². The molecular weight excluding hydrogens is 461 g/mol. The van der Waals surface area contributed by atoms with Crippen LogP contribution in [-0.4, -0.2) is 47.7 Å². The number of hydrogen-bond donors (Lipinski definition) is 1. The third-order valence-corrected chi connectivity index (χ3v) is 8.16. The highest BCUT2D eigenvalue weighted by molar-refractivity contribution is 6.62. The molecule has 0 spiro atoms. The molecule has 0 amide bonds. The number of carbonyl (C=O) groups is 1. The Morgan fingerprint density at radius 3 is 1.81 bits per heavy atom. The minimum absolute atomic E-state index is 0.125. The van der Waals surface area contributed by atoms with Crippen molar-refractivity contribution >= 4 is 31.1 Å². The molecule has 2 aliphatic rings. The summed E-state index contributed by atoms with van der Waals surface area (Å²) in [5.74, 6) is -1.46. The first kappa shape index (κ1) is 26.9. The van der Waals surface area contributed by atoms with E-state index in [4.69, 9.17) is 18.6 Å². The van der Waals surface area contributed by atoms with Crippen LogP contribution in [0.5, 0.6) is 0 Å². The number of carboxylic acid groups (broad SMARTS) is 1. The molecule has 2 saturated heterocycles. The fourth-order valence-electron chi connectivity index (χ4n) is 4.65. The normalized spacial score (nSPS) is 24.4. The predicted octanol–water partition coefficient (Wildman–Crippen LogP) is 4.10. The zero-order valence-electron chi connectivity index (χ0n) is 22.4. The lowest BCUT2D eigenvalue weighted by Gasteiger charge is -2.35. The molecule has 192 valence electrons. The van der Waals surface area contributed by atoms with Crippen LogP contribution in [0.3, 0.4) is 0 Å². The van der Waals surface area contributed by atoms with Gasteiger partial charge >= 0.3 is 20.2 Å². The van der Waals surface area contributed by atoms with E-state index in [0.717, 1.165) is 6.42 Å². The second kappa shape index (κ2) is 8.98. The van der Waals surface area contributed by atoms with Crippen LogP contribution in [0.25, 0.3) is 0 Å². The maximum absolute atomic E-state index is 14.7. The topological polar surface area (TPSA) is 74.2 Å². The Labute approximate surface area is 213 Å². The largest absolute Gasteiger partial charge is 0.494 e. The van der Waals surface area contributed by atoms with Crippen LogP contribution in [0, 0.1) is 5.82 Å². The molecular formula is C27H35B2FO6. The van der Waals surface area contributed by atoms with E-state index in [-0.39, 0.29) is 5.56 Å². The van der Waals surface area contributed by atoms with Gasteiger partial charge in [-0.3, -0.25) is 0 Å². The standard InChI is InChI=1S/C27H35B2FO6/c1-9-27(8)26(6,7)35-29(36-27)20-12-17(11-19(15-20)23(31)32)10-18-13-21(16-22(30)14-18)28-33-24(2,3)25(4,5)34-28/h11-16H,9-10H2,1-8H3,(H,31,32). The summed E-state index contributed by atoms with van der Waals surface area (Å²) in [6, 6.07) is 9.76. The monoisotopic (exact) mass is 496 g/mol. The quantitative estimate of drug-likeness (QED) is 0.608. The van der Waals surface area contributed by atoms with Crippen LogP contribution in [0.4, 0.5) is 4.39 Å². The summed E-state index contributed by atoms with van der Waals surface area (Å²) >= 11 is 0. The lowest BCUT2D eigenvalue weighted by Crippen LogP contribution is -2.44. The Kier molecular flexibility index (Phi) is 6.70. The number of benzene rings is 2. The second-order valence-corrected chi connectivity index (χ2v) is 11.6. The average Bonchev–Trinajstić information content (AvgIpc) is 3.14. The van der Waals surface area contributed by atoms with Crippen molar-refractivity contribution < 1.29 is 32.9 Å². The van der Waals surface area contributed by atoms with Gasteiger partial charge in [-0.2, -0.15) is 0 Å². The molecule has 2 fully saturated rings. The van der Waals surface area contributed by atoms with Crippen LogP contribution in [-0.2, 0) is 25.0 Å². The van der Waals surface area contributed by atoms with Gasteiger partial charge in [-0.25, -0.2) is 9.18 Å². The molecule has 0 radical (unpaired) electrons. The molecule has 2 heterocycles. The van der Waals surface area contributed by atoms with Crippen molar-refractivity contribution in [2.75, 3.05) is 0 Å². The van der Waals surface area contributed by atoms with Gasteiger partial charge < -0.3 is 23.7 Å². The summed E-state index contributed by atoms with van der Waals surface area (Å²) < 4.78 is 39.4. The van der Waals surface area contributed by atoms with E-state index in [1.54, 1.807) is 12.1 Å². The van der Waals surface area contributed by atoms with Crippen LogP contribution < -0.4 is 10.9 Å². The molecule has 36 heavy (non-hydrogen) atoms. The maximum Gasteiger partial charge on any atom is 0.494 e. The highest BCUT2D eigenvalue weighted by atomic mass is 19.1. The van der Waals surface area contributed by atoms with Gasteiger partial charge in [0.25, 0.3) is 0 Å². The van der Waals surface area contributed by atoms with E-state index in [2.05, 4.69) is 0 Å². The SMILES string of the molecule is CCC1(C)OB(c2cc(Cc3cc(F)cc(B4OC(C)(C)C(C)(C)O4)c3)cc(C(=O)O)c2)OC1(C)C. The Hall–Kier alpha value is -2.19. The molecule has 0 saturated carbocycles. The van der Waals surface area contributed by atoms with Crippen molar-refractivity contribution in [2.24, 2.45) is 0 Å². The second-order valence-electron chi connectivity index (χ2n) is 11.6. The molecule has 0 aromatic heterocycles. The summed E-state index contributed by atoms with van der Waals surface area (Å²) in [5, 5.41) is 9.75. The first-order valence-electron chi connectivity index (χ1n) is 12.4. The third-order valence-electron chi connectivity index (χ3n) is 8.16. The molecule has 2 aliphatic heterocycles. The van der Waals surface area contributed by atoms with E-state index in [1.807, 2.05) is 67.5 Å². The van der Waals surface area contributed by atoms with E-state index in [1.165, 1.54) is 12.1 Å². The zero-order valence-corrected chi connectivity index (χ0v) is 22.4. The van der Waals surface area contributed by atoms with E-state index < -0.39 is 48.4 Å². The van der Waals surface area contributed by atoms with Gasteiger partial charge in [0.05, 0.1) is 28.0 Å². The van der Waals surface area contributed by atoms with Crippen LogP contribution in [0.2, 0.25) is 0 Å². The van der Waals surface area contributed by atoms with Crippen LogP contribution in [0.1, 0.15) is 83.3 Å². The van der Waals surface area contributed by atoms with Crippen LogP contribution in [0.15, 0.2) is 36.4 Å². The smallest absolute Gasteiger partial charge is 0.478 e. The van der Waals surface area contributed by atoms with Gasteiger partial charge in [-0.1, -0.05) is 19.1 Å². The lowest BCUT2D eigenvalue weighted by molar-refractivity contribution is -0.0118. The summed E-state index contributed by atoms with van der Waals surface area (Å²) in [4.78, 5) is 11.9. The summed E-state index contributed by atoms with van der Waals surface area (Å²) in [6.45, 7) is 15.8. The van der Waals surface area contributed by atoms with Crippen molar-refractivity contribution in [1.29, 1.82) is 0 Å². The first-order chi connectivity index (χ1) is 16.6. The van der Waals surface area contributed by atoms with Gasteiger partial charge in [-0.15, -0.1) is 0 Å². The summed E-state index contributed by atoms with van der Waals surface area (Å²) in [6.07, 6.45) is 1.06. The molecule has 2 aromatic carbocycles. The minimum atomic E-state index is -1.05. The highest BCUT2D eigenvalue weighted by Crippen LogP contribution is 2.39. The molecule has 0 bridgehead atoms. The number of carboxylic acids is 1. The van der Waals surface area contributed by atoms with Crippen molar-refractivity contribution in [3.8, 4) is 0 Å². The third kappa shape index (κ3) is 4.86. The molecule has 9 heteroatoms. The van der Waals surface area contributed by atoms with Crippen molar-refractivity contribution in [2.45, 2.75) is 90.6 Å². The Bertz CT molecular complexity index is 1160. The van der Waals surface area contributed by atoms with Gasteiger partial charge in [0.1, 0.15) is 5.82 Å². The van der Waals surface area contributed by atoms with Gasteiger partial charge in [-0.05, 0) is 108 Å². The van der Waals surface area contributed by atoms with Gasteiger partial charge in [0.2, 0.25) is 0 Å². The number of halogens is 1. The van der Waals surface area contributed by atoms with Gasteiger partial charge in [0, 0.05) is 0 Å². The van der Waals surface area contributed by atoms with Crippen LogP contribution >= 0.6 is 0 Å². The summed E-state index contributed by atoms with van der Waals surface area (Å²) in [7, 11) is -1.39. The lowest BCUT2D eigenvalue weighted by atomic mass is 9.76.